The molecular formula is C6H15NO2. The average molecular weight is 133 g/mol. The van der Waals surface area contributed by atoms with E-state index in [9.17, 15) is 0 Å². The molecule has 0 aromatic carbocycles. The third kappa shape index (κ3) is 7.88. The van der Waals surface area contributed by atoms with Crippen LogP contribution >= 0.6 is 0 Å². The number of hydrogen-bond acceptors (Lipinski definition) is 3. The largest absolute Gasteiger partial charge is 0.277 e. The summed E-state index contributed by atoms with van der Waals surface area (Å²) in [5.41, 5.74) is 2.39. The molecule has 0 spiro atoms. The van der Waals surface area contributed by atoms with Gasteiger partial charge in [0.05, 0.1) is 13.2 Å². The molecule has 0 radical (unpaired) electrons. The third-order valence-electron chi connectivity index (χ3n) is 0.730. The molecule has 0 atom stereocenters. The van der Waals surface area contributed by atoms with E-state index in [0.717, 1.165) is 12.8 Å². The Bertz CT molecular complexity index is 44.3. The monoisotopic (exact) mass is 133 g/mol. The molecule has 0 fully saturated rings. The first kappa shape index (κ1) is 8.88. The van der Waals surface area contributed by atoms with E-state index >= 15 is 0 Å². The highest BCUT2D eigenvalue weighted by Crippen LogP contribution is 1.77. The molecule has 56 valence electrons. The van der Waals surface area contributed by atoms with Gasteiger partial charge in [-0.05, 0) is 12.8 Å². The topological polar surface area (TPSA) is 30.5 Å². The molecule has 0 amide bonds. The second-order valence-corrected chi connectivity index (χ2v) is 1.78. The zero-order valence-corrected chi connectivity index (χ0v) is 6.14. The molecule has 3 heteroatoms. The Kier molecular flexibility index (Phi) is 7.77. The van der Waals surface area contributed by atoms with Crippen molar-refractivity contribution >= 4 is 0 Å². The molecule has 0 saturated carbocycles. The van der Waals surface area contributed by atoms with Gasteiger partial charge in [-0.2, -0.15) is 0 Å². The highest BCUT2D eigenvalue weighted by atomic mass is 16.9. The van der Waals surface area contributed by atoms with Gasteiger partial charge in [0.1, 0.15) is 0 Å². The first-order valence-electron chi connectivity index (χ1n) is 3.40. The van der Waals surface area contributed by atoms with E-state index in [1.807, 2.05) is 13.8 Å². The second-order valence-electron chi connectivity index (χ2n) is 1.78. The van der Waals surface area contributed by atoms with Crippen molar-refractivity contribution in [2.24, 2.45) is 0 Å². The molecule has 0 unspecified atom stereocenters. The van der Waals surface area contributed by atoms with Crippen LogP contribution in [0.4, 0.5) is 0 Å². The quantitative estimate of drug-likeness (QED) is 0.437. The summed E-state index contributed by atoms with van der Waals surface area (Å²) in [6.07, 6.45) is 2.00. The minimum absolute atomic E-state index is 0.698. The minimum Gasteiger partial charge on any atom is -0.277 e. The summed E-state index contributed by atoms with van der Waals surface area (Å²) in [5, 5.41) is 0. The van der Waals surface area contributed by atoms with Crippen LogP contribution in [0.3, 0.4) is 0 Å². The molecule has 1 N–H and O–H groups in total. The lowest BCUT2D eigenvalue weighted by atomic mass is 10.5. The van der Waals surface area contributed by atoms with Gasteiger partial charge in [0.25, 0.3) is 0 Å². The van der Waals surface area contributed by atoms with Crippen LogP contribution < -0.4 is 5.64 Å². The first-order chi connectivity index (χ1) is 4.41. The van der Waals surface area contributed by atoms with Crippen molar-refractivity contribution in [3.63, 3.8) is 0 Å². The van der Waals surface area contributed by atoms with Gasteiger partial charge < -0.3 is 0 Å². The highest BCUT2D eigenvalue weighted by Gasteiger charge is 1.81. The smallest absolute Gasteiger partial charge is 0.0706 e. The maximum Gasteiger partial charge on any atom is 0.0706 e. The van der Waals surface area contributed by atoms with Crippen LogP contribution in [0.25, 0.3) is 0 Å². The van der Waals surface area contributed by atoms with E-state index in [4.69, 9.17) is 9.68 Å². The minimum atomic E-state index is 0.698. The summed E-state index contributed by atoms with van der Waals surface area (Å²) in [4.78, 5) is 9.63. The van der Waals surface area contributed by atoms with E-state index in [2.05, 4.69) is 5.64 Å². The number of nitrogens with one attached hydrogen (secondary N) is 1. The Labute approximate surface area is 56.2 Å². The fraction of sp³-hybridized carbons (Fsp3) is 1.00. The van der Waals surface area contributed by atoms with Gasteiger partial charge in [-0.1, -0.05) is 19.5 Å². The van der Waals surface area contributed by atoms with Gasteiger partial charge >= 0.3 is 0 Å². The SMILES string of the molecule is CCCONOCCC. The molecule has 0 aliphatic carbocycles. The number of rotatable bonds is 6. The van der Waals surface area contributed by atoms with E-state index in [1.165, 1.54) is 0 Å². The molecule has 9 heavy (non-hydrogen) atoms. The molecule has 0 saturated heterocycles. The summed E-state index contributed by atoms with van der Waals surface area (Å²) in [5.74, 6) is 0. The molecule has 0 aliphatic rings. The summed E-state index contributed by atoms with van der Waals surface area (Å²) < 4.78 is 0. The maximum absolute atomic E-state index is 4.81. The Morgan fingerprint density at radius 2 is 1.44 bits per heavy atom. The van der Waals surface area contributed by atoms with Crippen LogP contribution in [0, 0.1) is 0 Å². The highest BCUT2D eigenvalue weighted by molar-refractivity contribution is 4.18. The number of hydrogen-bond donors (Lipinski definition) is 1. The second kappa shape index (κ2) is 7.88. The lowest BCUT2D eigenvalue weighted by Crippen LogP contribution is -2.16. The zero-order valence-electron chi connectivity index (χ0n) is 6.14. The molecule has 0 aliphatic heterocycles. The predicted molar refractivity (Wildman–Crippen MR) is 35.6 cm³/mol. The van der Waals surface area contributed by atoms with Gasteiger partial charge in [0, 0.05) is 0 Å². The van der Waals surface area contributed by atoms with Crippen LogP contribution in [0.5, 0.6) is 0 Å². The van der Waals surface area contributed by atoms with Crippen LogP contribution in [-0.2, 0) is 9.68 Å². The molecule has 0 aromatic heterocycles. The maximum atomic E-state index is 4.81. The fourth-order valence-electron chi connectivity index (χ4n) is 0.329. The molecule has 3 nitrogen and oxygen atoms in total. The van der Waals surface area contributed by atoms with Crippen LogP contribution in [-0.4, -0.2) is 13.2 Å². The van der Waals surface area contributed by atoms with Crippen molar-refractivity contribution in [2.75, 3.05) is 13.2 Å². The molecule has 0 bridgehead atoms. The van der Waals surface area contributed by atoms with Crippen molar-refractivity contribution in [2.45, 2.75) is 26.7 Å². The molecular weight excluding hydrogens is 118 g/mol. The summed E-state index contributed by atoms with van der Waals surface area (Å²) in [6, 6.07) is 0. The van der Waals surface area contributed by atoms with Gasteiger partial charge in [0.2, 0.25) is 0 Å². The summed E-state index contributed by atoms with van der Waals surface area (Å²) in [6.45, 7) is 5.48. The van der Waals surface area contributed by atoms with Crippen molar-refractivity contribution in [1.82, 2.24) is 5.64 Å². The van der Waals surface area contributed by atoms with Crippen LogP contribution in [0.15, 0.2) is 0 Å². The van der Waals surface area contributed by atoms with Gasteiger partial charge in [-0.15, -0.1) is 0 Å². The van der Waals surface area contributed by atoms with Crippen LogP contribution in [0.2, 0.25) is 0 Å². The first-order valence-corrected chi connectivity index (χ1v) is 3.40. The van der Waals surface area contributed by atoms with E-state index in [-0.39, 0.29) is 0 Å². The Hall–Kier alpha value is -0.120. The summed E-state index contributed by atoms with van der Waals surface area (Å²) in [7, 11) is 0. The Morgan fingerprint density at radius 1 is 1.00 bits per heavy atom. The van der Waals surface area contributed by atoms with Gasteiger partial charge in [0.15, 0.2) is 0 Å². The van der Waals surface area contributed by atoms with E-state index < -0.39 is 0 Å². The van der Waals surface area contributed by atoms with Gasteiger partial charge in [-0.25, -0.2) is 0 Å². The Morgan fingerprint density at radius 3 is 1.78 bits per heavy atom. The normalized spacial score (nSPS) is 10.0. The third-order valence-corrected chi connectivity index (χ3v) is 0.730. The van der Waals surface area contributed by atoms with E-state index in [0.29, 0.717) is 13.2 Å². The molecule has 0 rings (SSSR count). The summed E-state index contributed by atoms with van der Waals surface area (Å²) >= 11 is 0. The average Bonchev–Trinajstić information content (AvgIpc) is 1.89. The van der Waals surface area contributed by atoms with Crippen LogP contribution in [0.1, 0.15) is 26.7 Å². The standard InChI is InChI=1S/C6H15NO2/c1-3-5-8-7-9-6-4-2/h7H,3-6H2,1-2H3. The predicted octanol–water partition coefficient (Wildman–Crippen LogP) is 1.26. The molecule has 0 aromatic rings. The lowest BCUT2D eigenvalue weighted by Gasteiger charge is -2.02. The zero-order chi connectivity index (χ0) is 6.95. The van der Waals surface area contributed by atoms with Crippen molar-refractivity contribution in [3.05, 3.63) is 0 Å². The fourth-order valence-corrected chi connectivity index (χ4v) is 0.329. The molecule has 0 heterocycles. The Balaban J connectivity index is 2.60. The van der Waals surface area contributed by atoms with Gasteiger partial charge in [-0.3, -0.25) is 9.68 Å². The van der Waals surface area contributed by atoms with E-state index in [1.54, 1.807) is 0 Å². The van der Waals surface area contributed by atoms with Crippen molar-refractivity contribution < 1.29 is 9.68 Å². The lowest BCUT2D eigenvalue weighted by molar-refractivity contribution is -0.170. The van der Waals surface area contributed by atoms with Crippen molar-refractivity contribution in [3.8, 4) is 0 Å². The van der Waals surface area contributed by atoms with Crippen molar-refractivity contribution in [1.29, 1.82) is 0 Å².